The molecular weight excluding hydrogens is 426 g/mol. The summed E-state index contributed by atoms with van der Waals surface area (Å²) in [5, 5.41) is 6.22. The van der Waals surface area contributed by atoms with Gasteiger partial charge in [0.1, 0.15) is 0 Å². The van der Waals surface area contributed by atoms with Crippen LogP contribution in [0.25, 0.3) is 10.9 Å². The number of para-hydroxylation sites is 1. The van der Waals surface area contributed by atoms with Gasteiger partial charge in [0.15, 0.2) is 0 Å². The highest BCUT2D eigenvalue weighted by molar-refractivity contribution is 6.30. The normalized spacial score (nSPS) is 10.8. The van der Waals surface area contributed by atoms with E-state index in [0.717, 1.165) is 34.3 Å². The van der Waals surface area contributed by atoms with Gasteiger partial charge in [-0.1, -0.05) is 41.9 Å². The average molecular weight is 448 g/mol. The molecule has 0 aliphatic carbocycles. The first-order valence-electron chi connectivity index (χ1n) is 10.3. The third-order valence-electron chi connectivity index (χ3n) is 5.11. The summed E-state index contributed by atoms with van der Waals surface area (Å²) in [6.45, 7) is 2.67. The third kappa shape index (κ3) is 4.65. The quantitative estimate of drug-likeness (QED) is 0.277. The molecule has 0 aliphatic rings. The number of amides is 1. The number of carbonyl (C=O) groups is 2. The molecule has 32 heavy (non-hydrogen) atoms. The first-order valence-corrected chi connectivity index (χ1v) is 10.7. The fourth-order valence-electron chi connectivity index (χ4n) is 3.60. The zero-order valence-electron chi connectivity index (χ0n) is 17.6. The Bertz CT molecular complexity index is 1230. The number of halogens is 1. The van der Waals surface area contributed by atoms with E-state index in [1.54, 1.807) is 36.1 Å². The van der Waals surface area contributed by atoms with Gasteiger partial charge in [-0.2, -0.15) is 5.10 Å². The zero-order chi connectivity index (χ0) is 22.5. The number of benzene rings is 3. The number of aromatic nitrogens is 2. The highest BCUT2D eigenvalue weighted by Gasteiger charge is 2.15. The van der Waals surface area contributed by atoms with Crippen molar-refractivity contribution in [2.24, 2.45) is 0 Å². The largest absolute Gasteiger partial charge is 0.466 e. The lowest BCUT2D eigenvalue weighted by Gasteiger charge is -2.18. The Labute approximate surface area is 191 Å². The molecule has 4 aromatic rings. The van der Waals surface area contributed by atoms with Crippen molar-refractivity contribution in [2.75, 3.05) is 11.5 Å². The summed E-state index contributed by atoms with van der Waals surface area (Å²) in [5.41, 5.74) is 4.15. The van der Waals surface area contributed by atoms with Gasteiger partial charge in [-0.05, 0) is 55.0 Å². The highest BCUT2D eigenvalue weighted by atomic mass is 35.5. The molecule has 1 aromatic heterocycles. The summed E-state index contributed by atoms with van der Waals surface area (Å²) >= 11 is 5.95. The Balaban J connectivity index is 1.57. The molecule has 0 atom stereocenters. The second-order valence-corrected chi connectivity index (χ2v) is 7.66. The number of carbonyl (C=O) groups excluding carboxylic acids is 2. The molecule has 0 saturated heterocycles. The van der Waals surface area contributed by atoms with Gasteiger partial charge in [0.05, 0.1) is 30.8 Å². The molecule has 0 radical (unpaired) electrons. The van der Waals surface area contributed by atoms with E-state index in [-0.39, 0.29) is 12.4 Å². The number of anilines is 2. The summed E-state index contributed by atoms with van der Waals surface area (Å²) < 4.78 is 6.97. The Morgan fingerprint density at radius 1 is 1.03 bits per heavy atom. The number of ether oxygens (including phenoxy) is 1. The summed E-state index contributed by atoms with van der Waals surface area (Å²) in [5.74, 6) is -0.289. The monoisotopic (exact) mass is 447 g/mol. The number of rotatable bonds is 8. The predicted octanol–water partition coefficient (Wildman–Crippen LogP) is 5.14. The van der Waals surface area contributed by atoms with Crippen LogP contribution in [0.15, 0.2) is 72.8 Å². The SMILES string of the molecule is CCOC(=O)Cc1nn(Cc2ccc(N(C=O)c3ccc(Cl)cc3)cc2)c2ccccc12. The van der Waals surface area contributed by atoms with Gasteiger partial charge in [0.2, 0.25) is 6.41 Å². The number of fused-ring (bicyclic) bond motifs is 1. The maximum atomic E-state index is 12.0. The molecule has 0 bridgehead atoms. The fourth-order valence-corrected chi connectivity index (χ4v) is 3.73. The molecule has 3 aromatic carbocycles. The molecule has 1 heterocycles. The number of hydrogen-bond acceptors (Lipinski definition) is 4. The predicted molar refractivity (Wildman–Crippen MR) is 125 cm³/mol. The lowest BCUT2D eigenvalue weighted by atomic mass is 10.1. The Morgan fingerprint density at radius 3 is 2.34 bits per heavy atom. The van der Waals surface area contributed by atoms with Crippen LogP contribution in [0.1, 0.15) is 18.2 Å². The molecule has 0 N–H and O–H groups in total. The van der Waals surface area contributed by atoms with E-state index in [4.69, 9.17) is 16.3 Å². The molecule has 1 amide bonds. The first kappa shape index (κ1) is 21.6. The van der Waals surface area contributed by atoms with E-state index >= 15 is 0 Å². The summed E-state index contributed by atoms with van der Waals surface area (Å²) in [6.07, 6.45) is 0.913. The topological polar surface area (TPSA) is 64.4 Å². The van der Waals surface area contributed by atoms with Gasteiger partial charge in [-0.25, -0.2) is 0 Å². The molecule has 0 saturated carbocycles. The van der Waals surface area contributed by atoms with Crippen molar-refractivity contribution in [1.29, 1.82) is 0 Å². The van der Waals surface area contributed by atoms with Crippen molar-refractivity contribution < 1.29 is 14.3 Å². The van der Waals surface area contributed by atoms with Crippen LogP contribution in [-0.4, -0.2) is 28.8 Å². The number of esters is 1. The molecule has 162 valence electrons. The van der Waals surface area contributed by atoms with Crippen LogP contribution in [0.2, 0.25) is 5.02 Å². The lowest BCUT2D eigenvalue weighted by molar-refractivity contribution is -0.142. The summed E-state index contributed by atoms with van der Waals surface area (Å²) in [6, 6.07) is 22.6. The molecule has 6 nitrogen and oxygen atoms in total. The van der Waals surface area contributed by atoms with Gasteiger partial charge >= 0.3 is 5.97 Å². The van der Waals surface area contributed by atoms with E-state index < -0.39 is 0 Å². The second-order valence-electron chi connectivity index (χ2n) is 7.22. The Kier molecular flexibility index (Phi) is 6.52. The molecular formula is C25H22ClN3O3. The number of nitrogens with zero attached hydrogens (tertiary/aromatic N) is 3. The van der Waals surface area contributed by atoms with Gasteiger partial charge in [-0.15, -0.1) is 0 Å². The van der Waals surface area contributed by atoms with E-state index in [2.05, 4.69) is 5.10 Å². The van der Waals surface area contributed by atoms with Crippen molar-refractivity contribution in [3.05, 3.63) is 89.1 Å². The summed E-state index contributed by atoms with van der Waals surface area (Å²) in [7, 11) is 0. The second kappa shape index (κ2) is 9.66. The lowest BCUT2D eigenvalue weighted by Crippen LogP contribution is -2.14. The molecule has 0 unspecified atom stereocenters. The van der Waals surface area contributed by atoms with Gasteiger partial charge in [0.25, 0.3) is 0 Å². The highest BCUT2D eigenvalue weighted by Crippen LogP contribution is 2.26. The summed E-state index contributed by atoms with van der Waals surface area (Å²) in [4.78, 5) is 25.2. The minimum absolute atomic E-state index is 0.135. The van der Waals surface area contributed by atoms with E-state index in [0.29, 0.717) is 23.9 Å². The fraction of sp³-hybridized carbons (Fsp3) is 0.160. The average Bonchev–Trinajstić information content (AvgIpc) is 3.14. The van der Waals surface area contributed by atoms with Gasteiger partial charge < -0.3 is 4.74 Å². The molecule has 0 spiro atoms. The zero-order valence-corrected chi connectivity index (χ0v) is 18.3. The van der Waals surface area contributed by atoms with Crippen LogP contribution in [0, 0.1) is 0 Å². The number of hydrogen-bond donors (Lipinski definition) is 0. The van der Waals surface area contributed by atoms with Crippen molar-refractivity contribution in [3.63, 3.8) is 0 Å². The Hall–Kier alpha value is -3.64. The molecule has 7 heteroatoms. The van der Waals surface area contributed by atoms with Crippen molar-refractivity contribution in [2.45, 2.75) is 19.9 Å². The van der Waals surface area contributed by atoms with Gasteiger partial charge in [0, 0.05) is 21.8 Å². The Morgan fingerprint density at radius 2 is 1.69 bits per heavy atom. The van der Waals surface area contributed by atoms with Crippen molar-refractivity contribution in [1.82, 2.24) is 9.78 Å². The van der Waals surface area contributed by atoms with Crippen LogP contribution >= 0.6 is 11.6 Å². The smallest absolute Gasteiger partial charge is 0.311 e. The van der Waals surface area contributed by atoms with Crippen LogP contribution in [0.3, 0.4) is 0 Å². The van der Waals surface area contributed by atoms with Gasteiger partial charge in [-0.3, -0.25) is 19.2 Å². The van der Waals surface area contributed by atoms with Crippen LogP contribution in [0.4, 0.5) is 11.4 Å². The maximum absolute atomic E-state index is 12.0. The minimum Gasteiger partial charge on any atom is -0.466 e. The van der Waals surface area contributed by atoms with Crippen molar-refractivity contribution >= 4 is 46.3 Å². The maximum Gasteiger partial charge on any atom is 0.311 e. The molecule has 0 fully saturated rings. The minimum atomic E-state index is -0.289. The van der Waals surface area contributed by atoms with E-state index in [9.17, 15) is 9.59 Å². The van der Waals surface area contributed by atoms with Crippen LogP contribution < -0.4 is 4.90 Å². The van der Waals surface area contributed by atoms with E-state index in [1.165, 1.54) is 0 Å². The molecule has 0 aliphatic heterocycles. The standard InChI is InChI=1S/C25H22ClN3O3/c1-2-32-25(31)15-23-22-5-3-4-6-24(22)29(27-23)16-18-7-11-20(12-8-18)28(17-30)21-13-9-19(26)10-14-21/h3-14,17H,2,15-16H2,1H3. The first-order chi connectivity index (χ1) is 15.6. The van der Waals surface area contributed by atoms with E-state index in [1.807, 2.05) is 53.2 Å². The third-order valence-corrected chi connectivity index (χ3v) is 5.36. The van der Waals surface area contributed by atoms with Crippen LogP contribution in [0.5, 0.6) is 0 Å². The van der Waals surface area contributed by atoms with Crippen molar-refractivity contribution in [3.8, 4) is 0 Å². The molecule has 4 rings (SSSR count). The van der Waals surface area contributed by atoms with Crippen LogP contribution in [-0.2, 0) is 27.3 Å².